The van der Waals surface area contributed by atoms with E-state index in [4.69, 9.17) is 4.43 Å². The average molecular weight is 156 g/mol. The molecule has 0 saturated carbocycles. The summed E-state index contributed by atoms with van der Waals surface area (Å²) < 4.78 is 5.44. The summed E-state index contributed by atoms with van der Waals surface area (Å²) in [4.78, 5) is 0. The van der Waals surface area contributed by atoms with Gasteiger partial charge < -0.3 is 4.43 Å². The van der Waals surface area contributed by atoms with Crippen LogP contribution < -0.4 is 0 Å². The molecule has 0 rings (SSSR count). The Kier molecular flexibility index (Phi) is 3.43. The molecule has 0 spiro atoms. The molecule has 58 valence electrons. The van der Waals surface area contributed by atoms with Crippen LogP contribution in [0.1, 0.15) is 6.92 Å². The van der Waals surface area contributed by atoms with Crippen molar-refractivity contribution in [3.63, 3.8) is 0 Å². The second kappa shape index (κ2) is 3.61. The van der Waals surface area contributed by atoms with Crippen molar-refractivity contribution >= 4 is 8.32 Å². The first-order valence-corrected chi connectivity index (χ1v) is 6.82. The molecule has 1 nitrogen and oxygen atoms in total. The van der Waals surface area contributed by atoms with E-state index in [2.05, 4.69) is 26.2 Å². The van der Waals surface area contributed by atoms with Gasteiger partial charge in [0.2, 0.25) is 8.32 Å². The van der Waals surface area contributed by atoms with E-state index >= 15 is 0 Å². The fourth-order valence-corrected chi connectivity index (χ4v) is 0.831. The summed E-state index contributed by atoms with van der Waals surface area (Å²) >= 11 is 0. The quantitative estimate of drug-likeness (QED) is 0.347. The molecule has 0 unspecified atom stereocenters. The van der Waals surface area contributed by atoms with Gasteiger partial charge in [0.1, 0.15) is 0 Å². The van der Waals surface area contributed by atoms with Crippen LogP contribution in [0.2, 0.25) is 19.6 Å². The third-order valence-corrected chi connectivity index (χ3v) is 1.62. The Hall–Kier alpha value is -0.503. The molecule has 0 heterocycles. The van der Waals surface area contributed by atoms with Crippen LogP contribution in [0.25, 0.3) is 0 Å². The van der Waals surface area contributed by atoms with E-state index in [9.17, 15) is 0 Å². The van der Waals surface area contributed by atoms with Gasteiger partial charge in [0, 0.05) is 0 Å². The minimum Gasteiger partial charge on any atom is -0.550 e. The molecule has 0 aliphatic carbocycles. The summed E-state index contributed by atoms with van der Waals surface area (Å²) in [6.07, 6.45) is 3.63. The molecular weight excluding hydrogens is 140 g/mol. The zero-order valence-electron chi connectivity index (χ0n) is 7.27. The van der Waals surface area contributed by atoms with Crippen molar-refractivity contribution in [2.45, 2.75) is 26.6 Å². The third kappa shape index (κ3) is 7.50. The van der Waals surface area contributed by atoms with Crippen LogP contribution in [-0.4, -0.2) is 8.32 Å². The van der Waals surface area contributed by atoms with Gasteiger partial charge in [-0.25, -0.2) is 0 Å². The normalized spacial score (nSPS) is 12.0. The van der Waals surface area contributed by atoms with Crippen molar-refractivity contribution in [2.75, 3.05) is 0 Å². The minimum atomic E-state index is -1.35. The molecule has 0 aliphatic heterocycles. The highest BCUT2D eigenvalue weighted by atomic mass is 28.4. The van der Waals surface area contributed by atoms with Crippen LogP contribution in [0.4, 0.5) is 0 Å². The third-order valence-electron chi connectivity index (χ3n) is 0.774. The van der Waals surface area contributed by atoms with E-state index in [1.807, 2.05) is 13.0 Å². The van der Waals surface area contributed by atoms with Gasteiger partial charge in [-0.1, -0.05) is 12.2 Å². The number of rotatable bonds is 3. The van der Waals surface area contributed by atoms with Gasteiger partial charge >= 0.3 is 0 Å². The van der Waals surface area contributed by atoms with Gasteiger partial charge in [-0.3, -0.25) is 0 Å². The van der Waals surface area contributed by atoms with E-state index in [1.54, 1.807) is 6.26 Å². The number of hydrogen-bond acceptors (Lipinski definition) is 1. The van der Waals surface area contributed by atoms with Crippen molar-refractivity contribution in [1.82, 2.24) is 0 Å². The lowest BCUT2D eigenvalue weighted by atomic mass is 10.4. The summed E-state index contributed by atoms with van der Waals surface area (Å²) in [5.41, 5.74) is 1.03. The highest BCUT2D eigenvalue weighted by Gasteiger charge is 2.12. The Bertz CT molecular complexity index is 142. The Morgan fingerprint density at radius 3 is 2.20 bits per heavy atom. The average Bonchev–Trinajstić information content (AvgIpc) is 1.59. The van der Waals surface area contributed by atoms with E-state index in [-0.39, 0.29) is 0 Å². The molecular formula is C8H16OSi. The van der Waals surface area contributed by atoms with Crippen LogP contribution in [0.3, 0.4) is 0 Å². The predicted molar refractivity (Wildman–Crippen MR) is 48.4 cm³/mol. The monoisotopic (exact) mass is 156 g/mol. The molecule has 0 saturated heterocycles. The highest BCUT2D eigenvalue weighted by molar-refractivity contribution is 6.69. The van der Waals surface area contributed by atoms with Crippen molar-refractivity contribution < 1.29 is 4.43 Å². The van der Waals surface area contributed by atoms with Crippen LogP contribution in [-0.2, 0) is 4.43 Å². The maximum atomic E-state index is 5.44. The summed E-state index contributed by atoms with van der Waals surface area (Å²) in [5, 5.41) is 0. The smallest absolute Gasteiger partial charge is 0.241 e. The second-order valence-corrected chi connectivity index (χ2v) is 7.84. The molecule has 0 bridgehead atoms. The molecule has 0 aliphatic rings. The number of allylic oxidation sites excluding steroid dienone is 2. The fourth-order valence-electron chi connectivity index (χ4n) is 0.354. The van der Waals surface area contributed by atoms with Gasteiger partial charge in [0.05, 0.1) is 6.26 Å². The largest absolute Gasteiger partial charge is 0.550 e. The van der Waals surface area contributed by atoms with Crippen molar-refractivity contribution in [3.8, 4) is 0 Å². The van der Waals surface area contributed by atoms with Crippen molar-refractivity contribution in [2.24, 2.45) is 0 Å². The Morgan fingerprint density at radius 1 is 1.40 bits per heavy atom. The lowest BCUT2D eigenvalue weighted by molar-refractivity contribution is 0.479. The van der Waals surface area contributed by atoms with Crippen LogP contribution >= 0.6 is 0 Å². The molecule has 2 heteroatoms. The van der Waals surface area contributed by atoms with E-state index < -0.39 is 8.32 Å². The van der Waals surface area contributed by atoms with Crippen LogP contribution in [0.15, 0.2) is 24.5 Å². The maximum Gasteiger partial charge on any atom is 0.241 e. The first-order chi connectivity index (χ1) is 4.42. The molecule has 0 fully saturated rings. The molecule has 0 radical (unpaired) electrons. The van der Waals surface area contributed by atoms with Gasteiger partial charge in [-0.05, 0) is 32.6 Å². The molecule has 0 atom stereocenters. The molecule has 0 aromatic carbocycles. The molecule has 0 aromatic rings. The highest BCUT2D eigenvalue weighted by Crippen LogP contribution is 2.03. The zero-order valence-corrected chi connectivity index (χ0v) is 8.27. The fraction of sp³-hybridized carbons (Fsp3) is 0.500. The maximum absolute atomic E-state index is 5.44. The molecule has 0 aromatic heterocycles. The summed E-state index contributed by atoms with van der Waals surface area (Å²) in [6, 6.07) is 0. The lowest BCUT2D eigenvalue weighted by Gasteiger charge is -2.14. The van der Waals surface area contributed by atoms with Gasteiger partial charge in [0.25, 0.3) is 0 Å². The molecule has 0 amide bonds. The lowest BCUT2D eigenvalue weighted by Crippen LogP contribution is -2.21. The summed E-state index contributed by atoms with van der Waals surface area (Å²) in [7, 11) is -1.35. The standard InChI is InChI=1S/C8H16OSi/c1-8(2)6-7-9-10(3,4)5/h6-7H,1H2,2-5H3. The Balaban J connectivity index is 3.64. The van der Waals surface area contributed by atoms with Crippen LogP contribution in [0.5, 0.6) is 0 Å². The second-order valence-electron chi connectivity index (χ2n) is 3.38. The SMILES string of the molecule is C=C(C)C=CO[Si](C)(C)C. The number of hydrogen-bond donors (Lipinski definition) is 0. The van der Waals surface area contributed by atoms with Gasteiger partial charge in [-0.2, -0.15) is 0 Å². The minimum absolute atomic E-state index is 1.03. The first kappa shape index (κ1) is 9.50. The summed E-state index contributed by atoms with van der Waals surface area (Å²) in [6.45, 7) is 12.1. The van der Waals surface area contributed by atoms with Gasteiger partial charge in [-0.15, -0.1) is 0 Å². The summed E-state index contributed by atoms with van der Waals surface area (Å²) in [5.74, 6) is 0. The first-order valence-electron chi connectivity index (χ1n) is 3.42. The van der Waals surface area contributed by atoms with E-state index in [0.717, 1.165) is 5.57 Å². The molecule has 10 heavy (non-hydrogen) atoms. The Labute approximate surface area is 64.5 Å². The predicted octanol–water partition coefficient (Wildman–Crippen LogP) is 2.93. The Morgan fingerprint density at radius 2 is 1.90 bits per heavy atom. The molecule has 0 N–H and O–H groups in total. The van der Waals surface area contributed by atoms with Crippen LogP contribution in [0, 0.1) is 0 Å². The van der Waals surface area contributed by atoms with Crippen molar-refractivity contribution in [1.29, 1.82) is 0 Å². The topological polar surface area (TPSA) is 9.23 Å². The van der Waals surface area contributed by atoms with E-state index in [0.29, 0.717) is 0 Å². The van der Waals surface area contributed by atoms with Gasteiger partial charge in [0.15, 0.2) is 0 Å². The van der Waals surface area contributed by atoms with E-state index in [1.165, 1.54) is 0 Å². The van der Waals surface area contributed by atoms with Crippen molar-refractivity contribution in [3.05, 3.63) is 24.5 Å². The zero-order chi connectivity index (χ0) is 8.20.